The van der Waals surface area contributed by atoms with Gasteiger partial charge < -0.3 is 20.7 Å². The Morgan fingerprint density at radius 2 is 1.76 bits per heavy atom. The summed E-state index contributed by atoms with van der Waals surface area (Å²) in [6, 6.07) is 18.3. The number of aromatic nitrogens is 2. The Morgan fingerprint density at radius 3 is 2.42 bits per heavy atom. The molecule has 3 N–H and O–H groups in total. The lowest BCUT2D eigenvalue weighted by molar-refractivity contribution is -0.118. The number of fused-ring (bicyclic) bond motifs is 3. The molecule has 0 saturated carbocycles. The predicted molar refractivity (Wildman–Crippen MR) is 159 cm³/mol. The summed E-state index contributed by atoms with van der Waals surface area (Å²) in [6.07, 6.45) is 1.36. The summed E-state index contributed by atoms with van der Waals surface area (Å²) < 4.78 is 37.2. The first-order valence-corrected chi connectivity index (χ1v) is 14.0. The van der Waals surface area contributed by atoms with E-state index in [0.717, 1.165) is 0 Å². The summed E-state index contributed by atoms with van der Waals surface area (Å²) in [4.78, 5) is 42.4. The molecule has 45 heavy (non-hydrogen) atoms. The topological polar surface area (TPSA) is 147 Å². The Labute approximate surface area is 256 Å². The molecule has 0 unspecified atom stereocenters. The zero-order valence-electron chi connectivity index (χ0n) is 24.0. The van der Waals surface area contributed by atoms with Crippen LogP contribution >= 0.6 is 0 Å². The van der Waals surface area contributed by atoms with E-state index in [0.29, 0.717) is 18.0 Å². The van der Waals surface area contributed by atoms with Crippen LogP contribution in [0.25, 0.3) is 0 Å². The highest BCUT2D eigenvalue weighted by Gasteiger charge is 2.48. The van der Waals surface area contributed by atoms with Gasteiger partial charge in [-0.25, -0.2) is 0 Å². The number of carbonyl (C=O) groups is 3. The fourth-order valence-corrected chi connectivity index (χ4v) is 5.96. The number of nitrogens with one attached hydrogen (secondary N) is 1. The minimum Gasteiger partial charge on any atom is -0.495 e. The minimum atomic E-state index is -3.26. The van der Waals surface area contributed by atoms with Crippen molar-refractivity contribution in [2.75, 3.05) is 37.0 Å². The van der Waals surface area contributed by atoms with Crippen LogP contribution in [-0.4, -0.2) is 65.2 Å². The number of hydrogen-bond donors (Lipinski definition) is 2. The van der Waals surface area contributed by atoms with Crippen molar-refractivity contribution >= 4 is 29.1 Å². The number of nitriles is 1. The van der Waals surface area contributed by atoms with E-state index in [4.69, 9.17) is 10.5 Å². The van der Waals surface area contributed by atoms with Gasteiger partial charge in [-0.15, -0.1) is 0 Å². The molecular weight excluding hydrogens is 584 g/mol. The molecule has 228 valence electrons. The van der Waals surface area contributed by atoms with Crippen molar-refractivity contribution in [1.29, 1.82) is 5.26 Å². The standard InChI is InChI=1S/C32H27F2N7O4/c1-45-27-12-7-19(13-20(27)14-35)30(43)38-24-15-37-41-26-17-39(18-28(36)42)16-25(26)40(31(44)29(24)41)23-10-8-22(9-11-23)32(33,34)21-5-3-2-4-6-21/h2-13,15,25-26H,16-18H2,1H3,(H2,36,42)(H,38,43)/t25-,26-/m0/s1. The number of alkyl halides is 2. The Hall–Kier alpha value is -5.61. The van der Waals surface area contributed by atoms with Gasteiger partial charge in [0.1, 0.15) is 11.8 Å². The lowest BCUT2D eigenvalue weighted by Gasteiger charge is -2.37. The number of methoxy groups -OCH3 is 1. The molecule has 1 fully saturated rings. The molecule has 6 rings (SSSR count). The number of anilines is 2. The van der Waals surface area contributed by atoms with E-state index in [2.05, 4.69) is 10.4 Å². The normalized spacial score (nSPS) is 17.7. The molecule has 1 saturated heterocycles. The predicted octanol–water partition coefficient (Wildman–Crippen LogP) is 3.53. The first-order chi connectivity index (χ1) is 21.6. The van der Waals surface area contributed by atoms with E-state index in [1.807, 2.05) is 6.07 Å². The number of ether oxygens (including phenoxy) is 1. The fraction of sp³-hybridized carbons (Fsp3) is 0.219. The number of primary amides is 1. The average Bonchev–Trinajstić information content (AvgIpc) is 3.65. The number of hydrogen-bond acceptors (Lipinski definition) is 7. The maximum absolute atomic E-state index is 15.3. The Balaban J connectivity index is 1.35. The van der Waals surface area contributed by atoms with E-state index in [-0.39, 0.29) is 46.7 Å². The Kier molecular flexibility index (Phi) is 7.51. The highest BCUT2D eigenvalue weighted by Crippen LogP contribution is 2.40. The summed E-state index contributed by atoms with van der Waals surface area (Å²) in [5, 5.41) is 16.6. The Bertz CT molecular complexity index is 1840. The second-order valence-electron chi connectivity index (χ2n) is 10.8. The van der Waals surface area contributed by atoms with Gasteiger partial charge in [0.05, 0.1) is 43.2 Å². The molecule has 0 bridgehead atoms. The van der Waals surface area contributed by atoms with Crippen molar-refractivity contribution < 1.29 is 27.9 Å². The number of benzene rings is 3. The highest BCUT2D eigenvalue weighted by molar-refractivity contribution is 6.13. The van der Waals surface area contributed by atoms with Crippen molar-refractivity contribution in [2.45, 2.75) is 18.0 Å². The SMILES string of the molecule is COc1ccc(C(=O)Nc2cnn3c2C(=O)N(c2ccc(C(F)(F)c4ccccc4)cc2)[C@H]2CN(CC(N)=O)C[C@@H]23)cc1C#N. The number of rotatable bonds is 8. The molecule has 0 spiro atoms. The zero-order chi connectivity index (χ0) is 31.9. The largest absolute Gasteiger partial charge is 0.495 e. The van der Waals surface area contributed by atoms with Gasteiger partial charge in [0.2, 0.25) is 5.91 Å². The molecule has 0 radical (unpaired) electrons. The molecule has 2 atom stereocenters. The van der Waals surface area contributed by atoms with E-state index in [9.17, 15) is 19.6 Å². The van der Waals surface area contributed by atoms with Crippen LogP contribution in [0.2, 0.25) is 0 Å². The van der Waals surface area contributed by atoms with Crippen LogP contribution in [0, 0.1) is 11.3 Å². The van der Waals surface area contributed by atoms with Crippen LogP contribution in [0.5, 0.6) is 5.75 Å². The van der Waals surface area contributed by atoms with Crippen LogP contribution in [0.1, 0.15) is 43.6 Å². The van der Waals surface area contributed by atoms with Gasteiger partial charge in [0.25, 0.3) is 17.7 Å². The first-order valence-electron chi connectivity index (χ1n) is 14.0. The quantitative estimate of drug-likeness (QED) is 0.310. The smallest absolute Gasteiger partial charge is 0.298 e. The number of halogens is 2. The molecule has 2 aliphatic heterocycles. The van der Waals surface area contributed by atoms with Gasteiger partial charge in [-0.3, -0.25) is 24.0 Å². The monoisotopic (exact) mass is 611 g/mol. The molecule has 3 aromatic carbocycles. The van der Waals surface area contributed by atoms with Crippen molar-refractivity contribution in [3.8, 4) is 11.8 Å². The summed E-state index contributed by atoms with van der Waals surface area (Å²) in [5.74, 6) is -4.59. The summed E-state index contributed by atoms with van der Waals surface area (Å²) in [7, 11) is 1.41. The maximum atomic E-state index is 15.3. The molecule has 3 heterocycles. The second kappa shape index (κ2) is 11.5. The number of carbonyl (C=O) groups excluding carboxylic acids is 3. The average molecular weight is 612 g/mol. The molecule has 13 heteroatoms. The third-order valence-corrected chi connectivity index (χ3v) is 8.05. The summed E-state index contributed by atoms with van der Waals surface area (Å²) in [6.45, 7) is 0.564. The number of nitrogens with two attached hydrogens (primary N) is 1. The maximum Gasteiger partial charge on any atom is 0.298 e. The van der Waals surface area contributed by atoms with Gasteiger partial charge in [-0.2, -0.15) is 19.1 Å². The number of nitrogens with zero attached hydrogens (tertiary/aromatic N) is 5. The molecule has 1 aromatic heterocycles. The molecule has 3 amide bonds. The number of likely N-dealkylation sites (tertiary alicyclic amines) is 1. The van der Waals surface area contributed by atoms with Gasteiger partial charge in [0, 0.05) is 35.5 Å². The minimum absolute atomic E-state index is 0.0455. The van der Waals surface area contributed by atoms with Gasteiger partial charge >= 0.3 is 0 Å². The molecule has 11 nitrogen and oxygen atoms in total. The molecule has 2 aliphatic rings. The van der Waals surface area contributed by atoms with E-state index in [1.54, 1.807) is 23.1 Å². The van der Waals surface area contributed by atoms with Crippen LogP contribution in [0.3, 0.4) is 0 Å². The third kappa shape index (κ3) is 5.25. The second-order valence-corrected chi connectivity index (χ2v) is 10.8. The summed E-state index contributed by atoms with van der Waals surface area (Å²) in [5.41, 5.74) is 5.95. The van der Waals surface area contributed by atoms with E-state index < -0.39 is 35.7 Å². The molecule has 0 aliphatic carbocycles. The van der Waals surface area contributed by atoms with Crippen molar-refractivity contribution in [3.63, 3.8) is 0 Å². The van der Waals surface area contributed by atoms with Gasteiger partial charge in [0.15, 0.2) is 5.69 Å². The van der Waals surface area contributed by atoms with E-state index in [1.165, 1.54) is 77.5 Å². The van der Waals surface area contributed by atoms with Crippen molar-refractivity contribution in [1.82, 2.24) is 14.7 Å². The fourth-order valence-electron chi connectivity index (χ4n) is 5.96. The van der Waals surface area contributed by atoms with Crippen molar-refractivity contribution in [3.05, 3.63) is 107 Å². The summed E-state index contributed by atoms with van der Waals surface area (Å²) >= 11 is 0. The highest BCUT2D eigenvalue weighted by atomic mass is 19.3. The zero-order valence-corrected chi connectivity index (χ0v) is 24.0. The van der Waals surface area contributed by atoms with Crippen LogP contribution in [0.4, 0.5) is 20.2 Å². The number of amides is 3. The third-order valence-electron chi connectivity index (χ3n) is 8.05. The van der Waals surface area contributed by atoms with Gasteiger partial charge in [-0.05, 0) is 30.3 Å². The molecule has 4 aromatic rings. The van der Waals surface area contributed by atoms with Gasteiger partial charge in [-0.1, -0.05) is 42.5 Å². The van der Waals surface area contributed by atoms with Crippen LogP contribution < -0.4 is 20.7 Å². The first kappa shape index (κ1) is 29.5. The van der Waals surface area contributed by atoms with Crippen LogP contribution in [0.15, 0.2) is 79.0 Å². The lowest BCUT2D eigenvalue weighted by atomic mass is 9.99. The Morgan fingerprint density at radius 1 is 1.07 bits per heavy atom. The molecular formula is C32H27F2N7O4. The van der Waals surface area contributed by atoms with Crippen molar-refractivity contribution in [2.24, 2.45) is 5.73 Å². The lowest BCUT2D eigenvalue weighted by Crippen LogP contribution is -2.51. The van der Waals surface area contributed by atoms with E-state index >= 15 is 8.78 Å². The van der Waals surface area contributed by atoms with Crippen LogP contribution in [-0.2, 0) is 10.7 Å².